The van der Waals surface area contributed by atoms with E-state index < -0.39 is 5.97 Å². The Bertz CT molecular complexity index is 654. The van der Waals surface area contributed by atoms with Crippen molar-refractivity contribution in [2.24, 2.45) is 0 Å². The normalized spacial score (nSPS) is 10.3. The van der Waals surface area contributed by atoms with E-state index in [9.17, 15) is 4.79 Å². The molecule has 0 spiro atoms. The summed E-state index contributed by atoms with van der Waals surface area (Å²) in [6.07, 6.45) is 1.37. The molecule has 5 nitrogen and oxygen atoms in total. The van der Waals surface area contributed by atoms with Crippen molar-refractivity contribution < 1.29 is 14.6 Å². The molecule has 1 aromatic carbocycles. The summed E-state index contributed by atoms with van der Waals surface area (Å²) in [6.45, 7) is 4.02. The number of hydrogen-bond acceptors (Lipinski definition) is 4. The second kappa shape index (κ2) is 5.69. The van der Waals surface area contributed by atoms with Crippen molar-refractivity contribution >= 4 is 5.97 Å². The Morgan fingerprint density at radius 3 is 2.65 bits per heavy atom. The van der Waals surface area contributed by atoms with Crippen molar-refractivity contribution in [2.45, 2.75) is 20.3 Å². The van der Waals surface area contributed by atoms with E-state index in [-0.39, 0.29) is 12.2 Å². The van der Waals surface area contributed by atoms with Crippen molar-refractivity contribution in [3.8, 4) is 17.0 Å². The summed E-state index contributed by atoms with van der Waals surface area (Å²) in [5.41, 5.74) is 3.76. The van der Waals surface area contributed by atoms with Gasteiger partial charge in [-0.05, 0) is 43.2 Å². The van der Waals surface area contributed by atoms with E-state index in [0.717, 1.165) is 16.7 Å². The van der Waals surface area contributed by atoms with Gasteiger partial charge in [-0.25, -0.2) is 9.97 Å². The molecule has 0 bridgehead atoms. The van der Waals surface area contributed by atoms with E-state index in [1.807, 2.05) is 26.0 Å². The van der Waals surface area contributed by atoms with Crippen LogP contribution < -0.4 is 4.74 Å². The summed E-state index contributed by atoms with van der Waals surface area (Å²) in [5.74, 6) is 0.0533. The van der Waals surface area contributed by atoms with Crippen LogP contribution in [0.1, 0.15) is 17.0 Å². The van der Waals surface area contributed by atoms with Gasteiger partial charge >= 0.3 is 5.97 Å². The first-order valence-electron chi connectivity index (χ1n) is 6.20. The van der Waals surface area contributed by atoms with Gasteiger partial charge < -0.3 is 9.84 Å². The van der Waals surface area contributed by atoms with Crippen LogP contribution >= 0.6 is 0 Å². The number of ether oxygens (including phenoxy) is 1. The first kappa shape index (κ1) is 14.0. The van der Waals surface area contributed by atoms with Crippen molar-refractivity contribution in [3.63, 3.8) is 0 Å². The molecule has 0 unspecified atom stereocenters. The van der Waals surface area contributed by atoms with Gasteiger partial charge in [0.25, 0.3) is 0 Å². The Labute approximate surface area is 117 Å². The summed E-state index contributed by atoms with van der Waals surface area (Å²) in [4.78, 5) is 19.0. The minimum Gasteiger partial charge on any atom is -0.496 e. The largest absolute Gasteiger partial charge is 0.496 e. The lowest BCUT2D eigenvalue weighted by Crippen LogP contribution is -2.05. The summed E-state index contributed by atoms with van der Waals surface area (Å²) < 4.78 is 5.38. The number of rotatable bonds is 4. The highest BCUT2D eigenvalue weighted by Crippen LogP contribution is 2.31. The predicted octanol–water partition coefficient (Wildman–Crippen LogP) is 2.40. The Morgan fingerprint density at radius 1 is 1.30 bits per heavy atom. The first-order valence-corrected chi connectivity index (χ1v) is 6.20. The minimum atomic E-state index is -0.950. The zero-order valence-electron chi connectivity index (χ0n) is 11.7. The molecule has 0 amide bonds. The van der Waals surface area contributed by atoms with Gasteiger partial charge in [-0.15, -0.1) is 0 Å². The van der Waals surface area contributed by atoms with E-state index >= 15 is 0 Å². The monoisotopic (exact) mass is 272 g/mol. The quantitative estimate of drug-likeness (QED) is 0.925. The maximum absolute atomic E-state index is 10.7. The lowest BCUT2D eigenvalue weighted by molar-refractivity contribution is -0.136. The van der Waals surface area contributed by atoms with E-state index in [4.69, 9.17) is 9.84 Å². The SMILES string of the molecule is COc1cc(C)c(C)cc1-c1ccnc(CC(=O)O)n1. The number of nitrogens with zero attached hydrogens (tertiary/aromatic N) is 2. The van der Waals surface area contributed by atoms with Crippen LogP contribution in [0, 0.1) is 13.8 Å². The predicted molar refractivity (Wildman–Crippen MR) is 74.8 cm³/mol. The van der Waals surface area contributed by atoms with Crippen molar-refractivity contribution in [1.29, 1.82) is 0 Å². The number of hydrogen-bond donors (Lipinski definition) is 1. The van der Waals surface area contributed by atoms with Gasteiger partial charge in [-0.1, -0.05) is 0 Å². The summed E-state index contributed by atoms with van der Waals surface area (Å²) in [7, 11) is 1.60. The summed E-state index contributed by atoms with van der Waals surface area (Å²) in [6, 6.07) is 5.68. The highest BCUT2D eigenvalue weighted by Gasteiger charge is 2.11. The van der Waals surface area contributed by atoms with E-state index in [2.05, 4.69) is 9.97 Å². The number of aliphatic carboxylic acids is 1. The number of carboxylic acid groups (broad SMARTS) is 1. The number of carboxylic acids is 1. The Balaban J connectivity index is 2.50. The molecule has 20 heavy (non-hydrogen) atoms. The van der Waals surface area contributed by atoms with Gasteiger partial charge in [-0.3, -0.25) is 4.79 Å². The molecule has 0 saturated heterocycles. The first-order chi connectivity index (χ1) is 9.51. The zero-order chi connectivity index (χ0) is 14.7. The molecule has 0 aliphatic heterocycles. The smallest absolute Gasteiger partial charge is 0.311 e. The van der Waals surface area contributed by atoms with Crippen molar-refractivity contribution in [1.82, 2.24) is 9.97 Å². The number of benzene rings is 1. The number of methoxy groups -OCH3 is 1. The molecule has 0 saturated carbocycles. The zero-order valence-corrected chi connectivity index (χ0v) is 11.7. The van der Waals surface area contributed by atoms with Gasteiger partial charge in [0, 0.05) is 11.8 Å². The minimum absolute atomic E-state index is 0.193. The molecule has 5 heteroatoms. The maximum Gasteiger partial charge on any atom is 0.311 e. The number of aromatic nitrogens is 2. The van der Waals surface area contributed by atoms with Gasteiger partial charge in [0.05, 0.1) is 12.8 Å². The molecule has 104 valence electrons. The van der Waals surface area contributed by atoms with Crippen LogP contribution in [0.4, 0.5) is 0 Å². The molecule has 0 radical (unpaired) electrons. The molecular weight excluding hydrogens is 256 g/mol. The average molecular weight is 272 g/mol. The molecule has 0 aliphatic rings. The highest BCUT2D eigenvalue weighted by atomic mass is 16.5. The topological polar surface area (TPSA) is 72.3 Å². The maximum atomic E-state index is 10.7. The molecule has 0 aliphatic carbocycles. The molecular formula is C15H16N2O3. The molecule has 0 atom stereocenters. The van der Waals surface area contributed by atoms with Crippen molar-refractivity contribution in [2.75, 3.05) is 7.11 Å². The van der Waals surface area contributed by atoms with Crippen LogP contribution in [-0.2, 0) is 11.2 Å². The third-order valence-corrected chi connectivity index (χ3v) is 3.11. The Hall–Kier alpha value is -2.43. The third kappa shape index (κ3) is 2.93. The molecule has 1 N–H and O–H groups in total. The third-order valence-electron chi connectivity index (χ3n) is 3.11. The highest BCUT2D eigenvalue weighted by molar-refractivity contribution is 5.71. The average Bonchev–Trinajstić information content (AvgIpc) is 2.41. The van der Waals surface area contributed by atoms with Crippen molar-refractivity contribution in [3.05, 3.63) is 41.3 Å². The second-order valence-electron chi connectivity index (χ2n) is 4.57. The molecule has 1 aromatic heterocycles. The number of aryl methyl sites for hydroxylation is 2. The Kier molecular flexibility index (Phi) is 3.98. The van der Waals surface area contributed by atoms with Gasteiger partial charge in [0.2, 0.25) is 0 Å². The Morgan fingerprint density at radius 2 is 2.00 bits per heavy atom. The fourth-order valence-corrected chi connectivity index (χ4v) is 1.93. The van der Waals surface area contributed by atoms with Gasteiger partial charge in [-0.2, -0.15) is 0 Å². The van der Waals surface area contributed by atoms with Gasteiger partial charge in [0.1, 0.15) is 18.0 Å². The van der Waals surface area contributed by atoms with Crippen LogP contribution in [0.3, 0.4) is 0 Å². The van der Waals surface area contributed by atoms with E-state index in [1.165, 1.54) is 0 Å². The van der Waals surface area contributed by atoms with Crippen LogP contribution in [0.5, 0.6) is 5.75 Å². The van der Waals surface area contributed by atoms with Crippen LogP contribution in [0.15, 0.2) is 24.4 Å². The van der Waals surface area contributed by atoms with Gasteiger partial charge in [0.15, 0.2) is 0 Å². The molecule has 0 fully saturated rings. The van der Waals surface area contributed by atoms with Crippen LogP contribution in [-0.4, -0.2) is 28.2 Å². The van der Waals surface area contributed by atoms with Crippen LogP contribution in [0.2, 0.25) is 0 Å². The lowest BCUT2D eigenvalue weighted by Gasteiger charge is -2.11. The summed E-state index contributed by atoms with van der Waals surface area (Å²) >= 11 is 0. The van der Waals surface area contributed by atoms with E-state index in [0.29, 0.717) is 11.4 Å². The number of carbonyl (C=O) groups is 1. The second-order valence-corrected chi connectivity index (χ2v) is 4.57. The standard InChI is InChI=1S/C15H16N2O3/c1-9-6-11(13(20-3)7-10(9)2)12-4-5-16-14(17-12)8-15(18)19/h4-7H,8H2,1-3H3,(H,18,19). The molecule has 2 rings (SSSR count). The molecule has 1 heterocycles. The fraction of sp³-hybridized carbons (Fsp3) is 0.267. The summed E-state index contributed by atoms with van der Waals surface area (Å²) in [5, 5.41) is 8.80. The molecule has 2 aromatic rings. The van der Waals surface area contributed by atoms with E-state index in [1.54, 1.807) is 19.4 Å². The fourth-order valence-electron chi connectivity index (χ4n) is 1.93. The van der Waals surface area contributed by atoms with Crippen LogP contribution in [0.25, 0.3) is 11.3 Å². The lowest BCUT2D eigenvalue weighted by atomic mass is 10.0.